The summed E-state index contributed by atoms with van der Waals surface area (Å²) in [4.78, 5) is 12.5. The summed E-state index contributed by atoms with van der Waals surface area (Å²) < 4.78 is 41.6. The van der Waals surface area contributed by atoms with Gasteiger partial charge in [0.25, 0.3) is 15.9 Å². The molecule has 1 aliphatic heterocycles. The minimum atomic E-state index is -3.94. The largest absolute Gasteiger partial charge is 0.352 e. The Labute approximate surface area is 185 Å². The number of halogens is 2. The molecule has 1 N–H and O–H groups in total. The molecule has 0 saturated heterocycles. The van der Waals surface area contributed by atoms with Crippen LogP contribution in [0, 0.1) is 5.82 Å². The van der Waals surface area contributed by atoms with Gasteiger partial charge in [0.1, 0.15) is 10.7 Å². The predicted octanol–water partition coefficient (Wildman–Crippen LogP) is 4.20. The van der Waals surface area contributed by atoms with Crippen LogP contribution in [0.5, 0.6) is 0 Å². The molecular weight excluding hydrogens is 439 g/mol. The number of hydrogen-bond donors (Lipinski definition) is 1. The number of fused-ring (bicyclic) bond motifs is 1. The number of sulfonamides is 1. The molecule has 0 saturated carbocycles. The minimum Gasteiger partial charge on any atom is -0.352 e. The molecule has 160 valence electrons. The van der Waals surface area contributed by atoms with Gasteiger partial charge in [-0.1, -0.05) is 48.0 Å². The molecule has 0 bridgehead atoms. The van der Waals surface area contributed by atoms with Crippen molar-refractivity contribution in [1.82, 2.24) is 5.32 Å². The Morgan fingerprint density at radius 1 is 1.06 bits per heavy atom. The number of rotatable bonds is 6. The molecule has 5 nitrogen and oxygen atoms in total. The van der Waals surface area contributed by atoms with Gasteiger partial charge in [-0.25, -0.2) is 12.8 Å². The summed E-state index contributed by atoms with van der Waals surface area (Å²) in [6, 6.07) is 17.8. The molecule has 3 aromatic rings. The van der Waals surface area contributed by atoms with Crippen LogP contribution in [0.4, 0.5) is 10.1 Å². The zero-order valence-corrected chi connectivity index (χ0v) is 18.1. The van der Waals surface area contributed by atoms with Crippen LogP contribution in [0.1, 0.15) is 21.5 Å². The van der Waals surface area contributed by atoms with Crippen molar-refractivity contribution in [2.24, 2.45) is 0 Å². The van der Waals surface area contributed by atoms with E-state index in [1.54, 1.807) is 30.3 Å². The van der Waals surface area contributed by atoms with Crippen molar-refractivity contribution in [3.63, 3.8) is 0 Å². The van der Waals surface area contributed by atoms with E-state index >= 15 is 0 Å². The van der Waals surface area contributed by atoms with Gasteiger partial charge in [-0.3, -0.25) is 9.10 Å². The van der Waals surface area contributed by atoms with Crippen molar-refractivity contribution < 1.29 is 17.6 Å². The van der Waals surface area contributed by atoms with E-state index in [4.69, 9.17) is 11.6 Å². The maximum atomic E-state index is 13.7. The highest BCUT2D eigenvalue weighted by atomic mass is 35.5. The molecule has 0 atom stereocenters. The second-order valence-electron chi connectivity index (χ2n) is 7.20. The lowest BCUT2D eigenvalue weighted by atomic mass is 10.1. The van der Waals surface area contributed by atoms with Crippen molar-refractivity contribution in [2.45, 2.75) is 17.7 Å². The Kier molecular flexibility index (Phi) is 5.98. The SMILES string of the molecule is O=C(NCCc1ccccc1F)c1ccc(Cl)c(S(=O)(=O)N2CCc3ccccc32)c1. The Balaban J connectivity index is 1.53. The van der Waals surface area contributed by atoms with Gasteiger partial charge < -0.3 is 5.32 Å². The fourth-order valence-electron chi connectivity index (χ4n) is 3.63. The molecule has 0 fully saturated rings. The first-order valence-electron chi connectivity index (χ1n) is 9.80. The normalized spacial score (nSPS) is 13.2. The summed E-state index contributed by atoms with van der Waals surface area (Å²) in [7, 11) is -3.94. The number of nitrogens with zero attached hydrogens (tertiary/aromatic N) is 1. The van der Waals surface area contributed by atoms with Crippen LogP contribution in [0.15, 0.2) is 71.6 Å². The van der Waals surface area contributed by atoms with Gasteiger partial charge >= 0.3 is 0 Å². The third-order valence-electron chi connectivity index (χ3n) is 5.24. The molecule has 31 heavy (non-hydrogen) atoms. The fourth-order valence-corrected chi connectivity index (χ4v) is 5.64. The summed E-state index contributed by atoms with van der Waals surface area (Å²) >= 11 is 6.21. The highest BCUT2D eigenvalue weighted by Gasteiger charge is 2.32. The van der Waals surface area contributed by atoms with E-state index in [-0.39, 0.29) is 27.8 Å². The van der Waals surface area contributed by atoms with Gasteiger partial charge in [-0.05, 0) is 54.3 Å². The third kappa shape index (κ3) is 4.29. The zero-order valence-electron chi connectivity index (χ0n) is 16.5. The number of benzene rings is 3. The first-order valence-corrected chi connectivity index (χ1v) is 11.6. The number of nitrogens with one attached hydrogen (secondary N) is 1. The Morgan fingerprint density at radius 2 is 1.81 bits per heavy atom. The molecule has 1 aliphatic rings. The van der Waals surface area contributed by atoms with Gasteiger partial charge in [0, 0.05) is 18.7 Å². The topological polar surface area (TPSA) is 66.5 Å². The van der Waals surface area contributed by atoms with Gasteiger partial charge in [0.05, 0.1) is 10.7 Å². The Morgan fingerprint density at radius 3 is 2.61 bits per heavy atom. The van der Waals surface area contributed by atoms with Gasteiger partial charge in [-0.15, -0.1) is 0 Å². The predicted molar refractivity (Wildman–Crippen MR) is 119 cm³/mol. The number of anilines is 1. The lowest BCUT2D eigenvalue weighted by Gasteiger charge is -2.20. The fraction of sp³-hybridized carbons (Fsp3) is 0.174. The molecule has 4 rings (SSSR count). The minimum absolute atomic E-state index is 0.0484. The average Bonchev–Trinajstić information content (AvgIpc) is 3.20. The van der Waals surface area contributed by atoms with Crippen LogP contribution < -0.4 is 9.62 Å². The number of hydrogen-bond acceptors (Lipinski definition) is 3. The van der Waals surface area contributed by atoms with Crippen molar-refractivity contribution in [1.29, 1.82) is 0 Å². The summed E-state index contributed by atoms with van der Waals surface area (Å²) in [5.74, 6) is -0.784. The van der Waals surface area contributed by atoms with Crippen molar-refractivity contribution in [3.05, 3.63) is 94.3 Å². The molecule has 0 radical (unpaired) electrons. The lowest BCUT2D eigenvalue weighted by Crippen LogP contribution is -2.30. The monoisotopic (exact) mass is 458 g/mol. The highest BCUT2D eigenvalue weighted by Crippen LogP contribution is 2.35. The standard InChI is InChI=1S/C23H20ClFN2O3S/c24-19-10-9-18(23(28)26-13-11-16-5-1-3-7-20(16)25)15-22(19)31(29,30)27-14-12-17-6-2-4-8-21(17)27/h1-10,15H,11-14H2,(H,26,28). The Hall–Kier alpha value is -2.90. The molecule has 0 aliphatic carbocycles. The van der Waals surface area contributed by atoms with Crippen LogP contribution in [0.3, 0.4) is 0 Å². The molecule has 8 heteroatoms. The molecule has 0 aromatic heterocycles. The molecule has 1 amide bonds. The maximum Gasteiger partial charge on any atom is 0.265 e. The maximum absolute atomic E-state index is 13.7. The second kappa shape index (κ2) is 8.69. The van der Waals surface area contributed by atoms with Crippen molar-refractivity contribution in [2.75, 3.05) is 17.4 Å². The number of carbonyl (C=O) groups excluding carboxylic acids is 1. The summed E-state index contributed by atoms with van der Waals surface area (Å²) in [6.07, 6.45) is 0.935. The van der Waals surface area contributed by atoms with Gasteiger partial charge in [0.15, 0.2) is 0 Å². The van der Waals surface area contributed by atoms with E-state index in [9.17, 15) is 17.6 Å². The van der Waals surface area contributed by atoms with Gasteiger partial charge in [0.2, 0.25) is 0 Å². The van der Waals surface area contributed by atoms with Crippen molar-refractivity contribution in [3.8, 4) is 0 Å². The van der Waals surface area contributed by atoms with E-state index in [1.165, 1.54) is 28.6 Å². The van der Waals surface area contributed by atoms with E-state index in [2.05, 4.69) is 5.32 Å². The second-order valence-corrected chi connectivity index (χ2v) is 9.44. The van der Waals surface area contributed by atoms with E-state index in [1.807, 2.05) is 12.1 Å². The van der Waals surface area contributed by atoms with Crippen LogP contribution >= 0.6 is 11.6 Å². The zero-order chi connectivity index (χ0) is 22.0. The molecule has 1 heterocycles. The number of amides is 1. The first kappa shape index (κ1) is 21.3. The number of para-hydroxylation sites is 1. The summed E-state index contributed by atoms with van der Waals surface area (Å²) in [6.45, 7) is 0.529. The van der Waals surface area contributed by atoms with E-state index in [0.717, 1.165) is 5.56 Å². The van der Waals surface area contributed by atoms with Gasteiger partial charge in [-0.2, -0.15) is 0 Å². The first-order chi connectivity index (χ1) is 14.9. The number of carbonyl (C=O) groups is 1. The highest BCUT2D eigenvalue weighted by molar-refractivity contribution is 7.93. The third-order valence-corrected chi connectivity index (χ3v) is 7.54. The summed E-state index contributed by atoms with van der Waals surface area (Å²) in [5, 5.41) is 2.75. The van der Waals surface area contributed by atoms with E-state index < -0.39 is 15.9 Å². The molecule has 3 aromatic carbocycles. The van der Waals surface area contributed by atoms with Crippen molar-refractivity contribution >= 4 is 33.2 Å². The molecule has 0 spiro atoms. The van der Waals surface area contributed by atoms with Crippen LogP contribution in [0.25, 0.3) is 0 Å². The lowest BCUT2D eigenvalue weighted by molar-refractivity contribution is 0.0954. The van der Waals surface area contributed by atoms with E-state index in [0.29, 0.717) is 30.6 Å². The van der Waals surface area contributed by atoms with Crippen LogP contribution in [-0.2, 0) is 22.9 Å². The smallest absolute Gasteiger partial charge is 0.265 e. The quantitative estimate of drug-likeness (QED) is 0.602. The van der Waals surface area contributed by atoms with Crippen LogP contribution in [-0.4, -0.2) is 27.4 Å². The average molecular weight is 459 g/mol. The molecular formula is C23H20ClFN2O3S. The molecule has 0 unspecified atom stereocenters. The summed E-state index contributed by atoms with van der Waals surface area (Å²) in [5.41, 5.74) is 2.24. The Bertz CT molecular complexity index is 1250. The van der Waals surface area contributed by atoms with Crippen LogP contribution in [0.2, 0.25) is 5.02 Å².